The number of nitriles is 1. The highest BCUT2D eigenvalue weighted by molar-refractivity contribution is 5.14. The van der Waals surface area contributed by atoms with Gasteiger partial charge in [0.15, 0.2) is 0 Å². The van der Waals surface area contributed by atoms with Crippen molar-refractivity contribution in [3.8, 4) is 6.07 Å². The van der Waals surface area contributed by atoms with E-state index in [1.165, 1.54) is 31.2 Å². The molecule has 0 heterocycles. The van der Waals surface area contributed by atoms with Crippen LogP contribution in [-0.4, -0.2) is 6.04 Å². The molecular formula is C19H28N2. The minimum absolute atomic E-state index is 0.566. The van der Waals surface area contributed by atoms with Gasteiger partial charge in [-0.1, -0.05) is 57.0 Å². The molecule has 21 heavy (non-hydrogen) atoms. The Morgan fingerprint density at radius 1 is 1.24 bits per heavy atom. The molecule has 114 valence electrons. The molecule has 0 radical (unpaired) electrons. The number of nitrogens with one attached hydrogen (secondary N) is 1. The van der Waals surface area contributed by atoms with E-state index in [-0.39, 0.29) is 0 Å². The molecule has 1 N–H and O–H groups in total. The third-order valence-electron chi connectivity index (χ3n) is 4.94. The molecule has 1 aromatic rings. The van der Waals surface area contributed by atoms with Gasteiger partial charge in [0.2, 0.25) is 0 Å². The molecule has 1 aliphatic carbocycles. The van der Waals surface area contributed by atoms with Crippen LogP contribution in [0.5, 0.6) is 0 Å². The zero-order chi connectivity index (χ0) is 15.1. The molecule has 0 spiro atoms. The molecule has 2 nitrogen and oxygen atoms in total. The van der Waals surface area contributed by atoms with Gasteiger partial charge in [-0.2, -0.15) is 5.26 Å². The molecule has 0 amide bonds. The highest BCUT2D eigenvalue weighted by Crippen LogP contribution is 2.35. The summed E-state index contributed by atoms with van der Waals surface area (Å²) in [6.07, 6.45) is 5.83. The second-order valence-electron chi connectivity index (χ2n) is 6.76. The van der Waals surface area contributed by atoms with Gasteiger partial charge >= 0.3 is 0 Å². The molecule has 2 heteroatoms. The maximum Gasteiger partial charge on any atom is 0.0624 e. The van der Waals surface area contributed by atoms with E-state index < -0.39 is 0 Å². The standard InChI is InChI=1S/C19H28N2/c1-15(2)19(11-12-20)17-9-6-10-18(13-17)21-14-16-7-4-3-5-8-16/h3-5,7-8,15,17-19,21H,6,9-11,13-14H2,1-2H3/t17?,18-,19?/m0/s1. The predicted molar refractivity (Wildman–Crippen MR) is 87.6 cm³/mol. The zero-order valence-corrected chi connectivity index (χ0v) is 13.4. The molecule has 3 atom stereocenters. The molecule has 2 rings (SSSR count). The van der Waals surface area contributed by atoms with Crippen LogP contribution in [0.15, 0.2) is 30.3 Å². The van der Waals surface area contributed by atoms with E-state index in [0.717, 1.165) is 6.54 Å². The maximum atomic E-state index is 9.07. The first-order chi connectivity index (χ1) is 10.2. The molecule has 0 bridgehead atoms. The smallest absolute Gasteiger partial charge is 0.0624 e. The molecule has 1 saturated carbocycles. The Morgan fingerprint density at radius 3 is 2.67 bits per heavy atom. The second-order valence-corrected chi connectivity index (χ2v) is 6.76. The molecule has 2 unspecified atom stereocenters. The van der Waals surface area contributed by atoms with Gasteiger partial charge in [0.1, 0.15) is 0 Å². The van der Waals surface area contributed by atoms with Crippen molar-refractivity contribution in [2.24, 2.45) is 17.8 Å². The van der Waals surface area contributed by atoms with Crippen LogP contribution >= 0.6 is 0 Å². The SMILES string of the molecule is CC(C)C(CC#N)C1CCC[C@H](NCc2ccccc2)C1. The van der Waals surface area contributed by atoms with Gasteiger partial charge in [-0.05, 0) is 36.2 Å². The van der Waals surface area contributed by atoms with Crippen LogP contribution < -0.4 is 5.32 Å². The van der Waals surface area contributed by atoms with Crippen LogP contribution in [0, 0.1) is 29.1 Å². The second kappa shape index (κ2) is 8.20. The van der Waals surface area contributed by atoms with E-state index in [0.29, 0.717) is 30.2 Å². The van der Waals surface area contributed by atoms with Gasteiger partial charge in [-0.25, -0.2) is 0 Å². The van der Waals surface area contributed by atoms with Gasteiger partial charge in [-0.3, -0.25) is 0 Å². The Balaban J connectivity index is 1.87. The molecule has 0 aromatic heterocycles. The van der Waals surface area contributed by atoms with E-state index in [9.17, 15) is 0 Å². The molecule has 0 saturated heterocycles. The lowest BCUT2D eigenvalue weighted by molar-refractivity contribution is 0.172. The van der Waals surface area contributed by atoms with Crippen molar-refractivity contribution < 1.29 is 0 Å². The van der Waals surface area contributed by atoms with Crippen LogP contribution in [0.3, 0.4) is 0 Å². The highest BCUT2D eigenvalue weighted by atomic mass is 14.9. The fraction of sp³-hybridized carbons (Fsp3) is 0.632. The molecule has 1 aromatic carbocycles. The number of hydrogen-bond donors (Lipinski definition) is 1. The van der Waals surface area contributed by atoms with Crippen LogP contribution in [0.1, 0.15) is 51.5 Å². The van der Waals surface area contributed by atoms with E-state index in [4.69, 9.17) is 5.26 Å². The number of rotatable bonds is 6. The first-order valence-electron chi connectivity index (χ1n) is 8.35. The number of hydrogen-bond acceptors (Lipinski definition) is 2. The summed E-state index contributed by atoms with van der Waals surface area (Å²) in [4.78, 5) is 0. The average Bonchev–Trinajstić information content (AvgIpc) is 2.51. The Hall–Kier alpha value is -1.33. The van der Waals surface area contributed by atoms with E-state index in [2.05, 4.69) is 55.6 Å². The summed E-state index contributed by atoms with van der Waals surface area (Å²) in [5.74, 6) is 1.89. The summed E-state index contributed by atoms with van der Waals surface area (Å²) < 4.78 is 0. The topological polar surface area (TPSA) is 35.8 Å². The van der Waals surface area contributed by atoms with Crippen molar-refractivity contribution in [2.75, 3.05) is 0 Å². The molecule has 0 aliphatic heterocycles. The minimum Gasteiger partial charge on any atom is -0.310 e. The van der Waals surface area contributed by atoms with Gasteiger partial charge in [0, 0.05) is 19.0 Å². The van der Waals surface area contributed by atoms with Crippen molar-refractivity contribution in [1.82, 2.24) is 5.32 Å². The van der Waals surface area contributed by atoms with Crippen molar-refractivity contribution in [2.45, 2.75) is 58.5 Å². The molecular weight excluding hydrogens is 256 g/mol. The number of benzene rings is 1. The lowest BCUT2D eigenvalue weighted by Crippen LogP contribution is -2.36. The van der Waals surface area contributed by atoms with Crippen LogP contribution in [0.25, 0.3) is 0 Å². The van der Waals surface area contributed by atoms with Gasteiger partial charge in [0.25, 0.3) is 0 Å². The minimum atomic E-state index is 0.566. The Morgan fingerprint density at radius 2 is 2.00 bits per heavy atom. The van der Waals surface area contributed by atoms with Crippen LogP contribution in [-0.2, 0) is 6.54 Å². The summed E-state index contributed by atoms with van der Waals surface area (Å²) in [7, 11) is 0. The van der Waals surface area contributed by atoms with Crippen molar-refractivity contribution in [3.05, 3.63) is 35.9 Å². The molecule has 1 aliphatic rings. The summed E-state index contributed by atoms with van der Waals surface area (Å²) in [5, 5.41) is 12.8. The fourth-order valence-corrected chi connectivity index (χ4v) is 3.71. The van der Waals surface area contributed by atoms with Gasteiger partial charge < -0.3 is 5.32 Å². The van der Waals surface area contributed by atoms with Crippen LogP contribution in [0.4, 0.5) is 0 Å². The van der Waals surface area contributed by atoms with Gasteiger partial charge in [-0.15, -0.1) is 0 Å². The lowest BCUT2D eigenvalue weighted by Gasteiger charge is -2.36. The fourth-order valence-electron chi connectivity index (χ4n) is 3.71. The Kier molecular flexibility index (Phi) is 6.26. The first kappa shape index (κ1) is 16.0. The average molecular weight is 284 g/mol. The number of nitrogens with zero attached hydrogens (tertiary/aromatic N) is 1. The van der Waals surface area contributed by atoms with Crippen molar-refractivity contribution in [1.29, 1.82) is 5.26 Å². The summed E-state index contributed by atoms with van der Waals surface area (Å²) >= 11 is 0. The lowest BCUT2D eigenvalue weighted by atomic mass is 9.72. The summed E-state index contributed by atoms with van der Waals surface area (Å²) in [6, 6.07) is 13.6. The van der Waals surface area contributed by atoms with Crippen molar-refractivity contribution in [3.63, 3.8) is 0 Å². The third kappa shape index (κ3) is 4.86. The summed E-state index contributed by atoms with van der Waals surface area (Å²) in [5.41, 5.74) is 1.36. The van der Waals surface area contributed by atoms with E-state index in [1.54, 1.807) is 0 Å². The van der Waals surface area contributed by atoms with E-state index >= 15 is 0 Å². The maximum absolute atomic E-state index is 9.07. The first-order valence-corrected chi connectivity index (χ1v) is 8.35. The highest BCUT2D eigenvalue weighted by Gasteiger charge is 2.29. The van der Waals surface area contributed by atoms with Gasteiger partial charge in [0.05, 0.1) is 6.07 Å². The quantitative estimate of drug-likeness (QED) is 0.833. The van der Waals surface area contributed by atoms with E-state index in [1.807, 2.05) is 0 Å². The normalized spacial score (nSPS) is 23.7. The molecule has 1 fully saturated rings. The third-order valence-corrected chi connectivity index (χ3v) is 4.94. The Labute approximate surface area is 129 Å². The zero-order valence-electron chi connectivity index (χ0n) is 13.4. The van der Waals surface area contributed by atoms with Crippen LogP contribution in [0.2, 0.25) is 0 Å². The Bertz CT molecular complexity index is 446. The van der Waals surface area contributed by atoms with Crippen molar-refractivity contribution >= 4 is 0 Å². The monoisotopic (exact) mass is 284 g/mol. The summed E-state index contributed by atoms with van der Waals surface area (Å²) in [6.45, 7) is 5.49. The predicted octanol–water partition coefficient (Wildman–Crippen LogP) is 4.52. The largest absolute Gasteiger partial charge is 0.310 e.